The Morgan fingerprint density at radius 3 is 2.46 bits per heavy atom. The molecule has 2 aromatic rings. The molecule has 0 fully saturated rings. The van der Waals surface area contributed by atoms with Gasteiger partial charge in [-0.3, -0.25) is 4.79 Å². The summed E-state index contributed by atoms with van der Waals surface area (Å²) in [7, 11) is 2.11. The number of halogens is 2. The summed E-state index contributed by atoms with van der Waals surface area (Å²) in [5.41, 5.74) is 1.23. The minimum Gasteiger partial charge on any atom is -0.492 e. The molecule has 0 N–H and O–H groups in total. The molecule has 0 radical (unpaired) electrons. The van der Waals surface area contributed by atoms with Gasteiger partial charge in [-0.05, 0) is 91.5 Å². The van der Waals surface area contributed by atoms with Crippen molar-refractivity contribution in [2.45, 2.75) is 25.7 Å². The number of ketones is 1. The molecule has 0 saturated carbocycles. The van der Waals surface area contributed by atoms with Crippen molar-refractivity contribution in [3.63, 3.8) is 0 Å². The largest absolute Gasteiger partial charge is 0.492 e. The minimum atomic E-state index is -0.0359. The molecule has 0 aliphatic heterocycles. The Hall–Kier alpha value is -1.37. The van der Waals surface area contributed by atoms with Crippen LogP contribution < -0.4 is 4.74 Å². The standard InChI is InChI=1S/C23H27ClINO2/c1-3-14-26(2)15-6-4-5-7-16-28-22-13-10-19(17-21(22)24)23(27)18-8-11-20(25)12-9-18/h3,8-13,17H,1,4-7,14-16H2,2H3. The highest BCUT2D eigenvalue weighted by atomic mass is 127. The summed E-state index contributed by atoms with van der Waals surface area (Å²) in [5, 5.41) is 0.474. The lowest BCUT2D eigenvalue weighted by molar-refractivity contribution is 0.103. The van der Waals surface area contributed by atoms with Gasteiger partial charge in [0.05, 0.1) is 11.6 Å². The first-order chi connectivity index (χ1) is 13.5. The van der Waals surface area contributed by atoms with E-state index in [0.717, 1.165) is 29.5 Å². The Morgan fingerprint density at radius 1 is 1.11 bits per heavy atom. The Bertz CT molecular complexity index is 777. The highest BCUT2D eigenvalue weighted by Crippen LogP contribution is 2.27. The second-order valence-electron chi connectivity index (χ2n) is 6.79. The number of nitrogens with zero attached hydrogens (tertiary/aromatic N) is 1. The van der Waals surface area contributed by atoms with Crippen molar-refractivity contribution in [3.8, 4) is 5.75 Å². The summed E-state index contributed by atoms with van der Waals surface area (Å²) in [6, 6.07) is 12.8. The maximum absolute atomic E-state index is 12.6. The van der Waals surface area contributed by atoms with Gasteiger partial charge in [0, 0.05) is 21.2 Å². The molecule has 0 aliphatic carbocycles. The van der Waals surface area contributed by atoms with Crippen LogP contribution >= 0.6 is 34.2 Å². The number of unbranched alkanes of at least 4 members (excludes halogenated alkanes) is 3. The molecule has 0 spiro atoms. The summed E-state index contributed by atoms with van der Waals surface area (Å²) in [6.45, 7) is 6.41. The van der Waals surface area contributed by atoms with Crippen molar-refractivity contribution in [2.24, 2.45) is 0 Å². The topological polar surface area (TPSA) is 29.5 Å². The first kappa shape index (κ1) is 22.9. The van der Waals surface area contributed by atoms with Crippen molar-refractivity contribution in [1.29, 1.82) is 0 Å². The maximum Gasteiger partial charge on any atom is 0.193 e. The summed E-state index contributed by atoms with van der Waals surface area (Å²) < 4.78 is 6.89. The molecule has 0 heterocycles. The molecule has 0 aromatic heterocycles. The lowest BCUT2D eigenvalue weighted by Crippen LogP contribution is -2.19. The van der Waals surface area contributed by atoms with E-state index in [1.807, 2.05) is 30.3 Å². The van der Waals surface area contributed by atoms with E-state index in [-0.39, 0.29) is 5.78 Å². The van der Waals surface area contributed by atoms with Crippen molar-refractivity contribution >= 4 is 40.0 Å². The molecular weight excluding hydrogens is 485 g/mol. The third kappa shape index (κ3) is 7.57. The minimum absolute atomic E-state index is 0.0359. The Balaban J connectivity index is 1.76. The van der Waals surface area contributed by atoms with Gasteiger partial charge in [0.25, 0.3) is 0 Å². The molecule has 150 valence electrons. The SMILES string of the molecule is C=CCN(C)CCCCCCOc1ccc(C(=O)c2ccc(I)cc2)cc1Cl. The molecular formula is C23H27ClINO2. The van der Waals surface area contributed by atoms with Gasteiger partial charge in [0.2, 0.25) is 0 Å². The molecule has 3 nitrogen and oxygen atoms in total. The lowest BCUT2D eigenvalue weighted by Gasteiger charge is -2.13. The van der Waals surface area contributed by atoms with E-state index >= 15 is 0 Å². The first-order valence-corrected chi connectivity index (χ1v) is 11.0. The first-order valence-electron chi connectivity index (χ1n) is 9.53. The summed E-state index contributed by atoms with van der Waals surface area (Å²) in [4.78, 5) is 14.8. The Morgan fingerprint density at radius 2 is 1.79 bits per heavy atom. The molecule has 0 atom stereocenters. The molecule has 0 saturated heterocycles. The second kappa shape index (κ2) is 12.2. The molecule has 2 aromatic carbocycles. The second-order valence-corrected chi connectivity index (χ2v) is 8.45. The van der Waals surface area contributed by atoms with Crippen molar-refractivity contribution in [1.82, 2.24) is 4.90 Å². The molecule has 0 bridgehead atoms. The summed E-state index contributed by atoms with van der Waals surface area (Å²) in [6.07, 6.45) is 6.41. The van der Waals surface area contributed by atoms with Crippen LogP contribution in [0.3, 0.4) is 0 Å². The lowest BCUT2D eigenvalue weighted by atomic mass is 10.0. The number of hydrogen-bond acceptors (Lipinski definition) is 3. The van der Waals surface area contributed by atoms with Gasteiger partial charge in [-0.25, -0.2) is 0 Å². The number of hydrogen-bond donors (Lipinski definition) is 0. The average molecular weight is 512 g/mol. The van der Waals surface area contributed by atoms with Gasteiger partial charge in [0.1, 0.15) is 5.75 Å². The van der Waals surface area contributed by atoms with E-state index in [1.54, 1.807) is 18.2 Å². The third-order valence-corrected chi connectivity index (χ3v) is 5.45. The molecule has 28 heavy (non-hydrogen) atoms. The van der Waals surface area contributed by atoms with Crippen LogP contribution in [0.1, 0.15) is 41.6 Å². The van der Waals surface area contributed by atoms with Crippen LogP contribution in [0, 0.1) is 3.57 Å². The molecule has 0 amide bonds. The van der Waals surface area contributed by atoms with Gasteiger partial charge >= 0.3 is 0 Å². The van der Waals surface area contributed by atoms with Gasteiger partial charge in [-0.2, -0.15) is 0 Å². The molecule has 0 unspecified atom stereocenters. The van der Waals surface area contributed by atoms with Gasteiger partial charge in [-0.1, -0.05) is 30.5 Å². The Kier molecular flexibility index (Phi) is 10.0. The number of likely N-dealkylation sites (N-methyl/N-ethyl adjacent to an activating group) is 1. The smallest absolute Gasteiger partial charge is 0.193 e. The van der Waals surface area contributed by atoms with E-state index in [4.69, 9.17) is 16.3 Å². The molecule has 2 rings (SSSR count). The number of benzene rings is 2. The average Bonchev–Trinajstić information content (AvgIpc) is 2.68. The van der Waals surface area contributed by atoms with Crippen LogP contribution in [0.2, 0.25) is 5.02 Å². The highest BCUT2D eigenvalue weighted by molar-refractivity contribution is 14.1. The number of carbonyl (C=O) groups excluding carboxylic acids is 1. The van der Waals surface area contributed by atoms with E-state index in [1.165, 1.54) is 12.8 Å². The van der Waals surface area contributed by atoms with E-state index < -0.39 is 0 Å². The van der Waals surface area contributed by atoms with Crippen molar-refractivity contribution < 1.29 is 9.53 Å². The van der Waals surface area contributed by atoms with Crippen molar-refractivity contribution in [2.75, 3.05) is 26.7 Å². The molecule has 0 aliphatic rings. The third-order valence-electron chi connectivity index (χ3n) is 4.43. The highest BCUT2D eigenvalue weighted by Gasteiger charge is 2.12. The van der Waals surface area contributed by atoms with Gasteiger partial charge in [-0.15, -0.1) is 6.58 Å². The van der Waals surface area contributed by atoms with E-state index in [9.17, 15) is 4.79 Å². The van der Waals surface area contributed by atoms with Crippen LogP contribution in [0.4, 0.5) is 0 Å². The van der Waals surface area contributed by atoms with Crippen molar-refractivity contribution in [3.05, 3.63) is 74.8 Å². The normalized spacial score (nSPS) is 10.9. The van der Waals surface area contributed by atoms with E-state index in [0.29, 0.717) is 28.5 Å². The van der Waals surface area contributed by atoms with Crippen LogP contribution in [-0.4, -0.2) is 37.4 Å². The summed E-state index contributed by atoms with van der Waals surface area (Å²) in [5.74, 6) is 0.595. The zero-order valence-electron chi connectivity index (χ0n) is 16.3. The zero-order valence-corrected chi connectivity index (χ0v) is 19.2. The fourth-order valence-electron chi connectivity index (χ4n) is 2.86. The summed E-state index contributed by atoms with van der Waals surface area (Å²) >= 11 is 8.54. The zero-order chi connectivity index (χ0) is 20.4. The van der Waals surface area contributed by atoms with Gasteiger partial charge < -0.3 is 9.64 Å². The number of ether oxygens (including phenoxy) is 1. The van der Waals surface area contributed by atoms with Crippen LogP contribution in [0.25, 0.3) is 0 Å². The van der Waals surface area contributed by atoms with Crippen LogP contribution in [0.15, 0.2) is 55.1 Å². The fraction of sp³-hybridized carbons (Fsp3) is 0.348. The van der Waals surface area contributed by atoms with E-state index in [2.05, 4.69) is 41.1 Å². The number of carbonyl (C=O) groups is 1. The molecule has 5 heteroatoms. The predicted octanol–water partition coefficient (Wildman–Crippen LogP) is 6.23. The monoisotopic (exact) mass is 511 g/mol. The van der Waals surface area contributed by atoms with Crippen LogP contribution in [-0.2, 0) is 0 Å². The van der Waals surface area contributed by atoms with Crippen LogP contribution in [0.5, 0.6) is 5.75 Å². The number of rotatable bonds is 12. The maximum atomic E-state index is 12.6. The Labute approximate surface area is 186 Å². The predicted molar refractivity (Wildman–Crippen MR) is 126 cm³/mol. The fourth-order valence-corrected chi connectivity index (χ4v) is 3.45. The quantitative estimate of drug-likeness (QED) is 0.146. The van der Waals surface area contributed by atoms with Gasteiger partial charge in [0.15, 0.2) is 5.78 Å².